The highest BCUT2D eigenvalue weighted by molar-refractivity contribution is 5.79. The van der Waals surface area contributed by atoms with Crippen LogP contribution in [0.5, 0.6) is 0 Å². The number of nitrogen functional groups attached to an aromatic ring is 1. The third-order valence-corrected chi connectivity index (χ3v) is 3.27. The highest BCUT2D eigenvalue weighted by Gasteiger charge is 2.31. The van der Waals surface area contributed by atoms with E-state index in [2.05, 4.69) is 4.98 Å². The fourth-order valence-corrected chi connectivity index (χ4v) is 2.24. The maximum Gasteiger partial charge on any atom is 0.416 e. The first-order valence-electron chi connectivity index (χ1n) is 6.30. The highest BCUT2D eigenvalue weighted by atomic mass is 19.4. The van der Waals surface area contributed by atoms with Gasteiger partial charge in [0.15, 0.2) is 0 Å². The van der Waals surface area contributed by atoms with Gasteiger partial charge in [-0.25, -0.2) is 4.98 Å². The van der Waals surface area contributed by atoms with Gasteiger partial charge in [-0.1, -0.05) is 0 Å². The average Bonchev–Trinajstić information content (AvgIpc) is 3.01. The lowest BCUT2D eigenvalue weighted by atomic mass is 10.2. The van der Waals surface area contributed by atoms with Gasteiger partial charge in [0.2, 0.25) is 5.95 Å². The number of anilines is 1. The summed E-state index contributed by atoms with van der Waals surface area (Å²) in [4.78, 5) is 4.00. The van der Waals surface area contributed by atoms with Gasteiger partial charge in [0.1, 0.15) is 5.76 Å². The van der Waals surface area contributed by atoms with E-state index in [1.54, 1.807) is 16.9 Å². The SMILES string of the molecule is Nc1nc2cc(C(F)(F)F)ccc2n1CCc1ccco1. The molecule has 110 valence electrons. The predicted octanol–water partition coefficient (Wildman–Crippen LogP) is 3.47. The molecule has 0 aliphatic heterocycles. The number of alkyl halides is 3. The molecule has 0 atom stereocenters. The molecular weight excluding hydrogens is 283 g/mol. The third kappa shape index (κ3) is 2.58. The second kappa shape index (κ2) is 4.83. The van der Waals surface area contributed by atoms with Crippen LogP contribution < -0.4 is 5.73 Å². The molecule has 0 saturated carbocycles. The van der Waals surface area contributed by atoms with Crippen molar-refractivity contribution >= 4 is 17.0 Å². The first kappa shape index (κ1) is 13.5. The van der Waals surface area contributed by atoms with Crippen molar-refractivity contribution in [3.63, 3.8) is 0 Å². The van der Waals surface area contributed by atoms with Crippen molar-refractivity contribution in [2.24, 2.45) is 0 Å². The second-order valence-corrected chi connectivity index (χ2v) is 4.65. The molecule has 0 amide bonds. The number of aryl methyl sites for hydroxylation is 2. The Morgan fingerprint density at radius 2 is 2.05 bits per heavy atom. The molecule has 3 rings (SSSR count). The van der Waals surface area contributed by atoms with Gasteiger partial charge in [-0.05, 0) is 30.3 Å². The van der Waals surface area contributed by atoms with E-state index < -0.39 is 11.7 Å². The number of halogens is 3. The van der Waals surface area contributed by atoms with E-state index >= 15 is 0 Å². The minimum atomic E-state index is -4.39. The topological polar surface area (TPSA) is 57.0 Å². The van der Waals surface area contributed by atoms with Crippen LogP contribution in [0.15, 0.2) is 41.0 Å². The first-order valence-corrected chi connectivity index (χ1v) is 6.30. The van der Waals surface area contributed by atoms with Crippen LogP contribution in [0.3, 0.4) is 0 Å². The number of imidazole rings is 1. The first-order chi connectivity index (χ1) is 9.95. The van der Waals surface area contributed by atoms with E-state index in [1.165, 1.54) is 6.07 Å². The molecule has 0 unspecified atom stereocenters. The number of rotatable bonds is 3. The van der Waals surface area contributed by atoms with Crippen LogP contribution >= 0.6 is 0 Å². The Labute approximate surface area is 118 Å². The van der Waals surface area contributed by atoms with Crippen LogP contribution in [0.1, 0.15) is 11.3 Å². The molecule has 0 bridgehead atoms. The minimum Gasteiger partial charge on any atom is -0.469 e. The molecule has 2 N–H and O–H groups in total. The lowest BCUT2D eigenvalue weighted by Crippen LogP contribution is -2.06. The molecule has 0 aliphatic carbocycles. The Balaban J connectivity index is 1.94. The van der Waals surface area contributed by atoms with E-state index in [9.17, 15) is 13.2 Å². The predicted molar refractivity (Wildman–Crippen MR) is 71.6 cm³/mol. The summed E-state index contributed by atoms with van der Waals surface area (Å²) in [7, 11) is 0. The molecule has 2 heterocycles. The van der Waals surface area contributed by atoms with Crippen molar-refractivity contribution in [1.82, 2.24) is 9.55 Å². The maximum absolute atomic E-state index is 12.7. The number of furan rings is 1. The van der Waals surface area contributed by atoms with Crippen molar-refractivity contribution in [2.45, 2.75) is 19.1 Å². The van der Waals surface area contributed by atoms with Gasteiger partial charge in [-0.3, -0.25) is 0 Å². The minimum absolute atomic E-state index is 0.191. The number of fused-ring (bicyclic) bond motifs is 1. The zero-order valence-electron chi connectivity index (χ0n) is 10.9. The van der Waals surface area contributed by atoms with Crippen LogP contribution in [0, 0.1) is 0 Å². The smallest absolute Gasteiger partial charge is 0.416 e. The molecule has 21 heavy (non-hydrogen) atoms. The van der Waals surface area contributed by atoms with E-state index in [-0.39, 0.29) is 11.5 Å². The van der Waals surface area contributed by atoms with Crippen LogP contribution in [0.4, 0.5) is 19.1 Å². The van der Waals surface area contributed by atoms with Crippen LogP contribution in [0.25, 0.3) is 11.0 Å². The van der Waals surface area contributed by atoms with Crippen molar-refractivity contribution in [3.8, 4) is 0 Å². The molecule has 0 fully saturated rings. The van der Waals surface area contributed by atoms with Gasteiger partial charge in [-0.2, -0.15) is 13.2 Å². The summed E-state index contributed by atoms with van der Waals surface area (Å²) >= 11 is 0. The van der Waals surface area contributed by atoms with Crippen LogP contribution in [-0.2, 0) is 19.1 Å². The lowest BCUT2D eigenvalue weighted by Gasteiger charge is -2.07. The van der Waals surface area contributed by atoms with Gasteiger partial charge in [0.25, 0.3) is 0 Å². The fourth-order valence-electron chi connectivity index (χ4n) is 2.24. The van der Waals surface area contributed by atoms with Crippen molar-refractivity contribution in [1.29, 1.82) is 0 Å². The molecule has 0 radical (unpaired) electrons. The Bertz CT molecular complexity index is 760. The van der Waals surface area contributed by atoms with Crippen molar-refractivity contribution < 1.29 is 17.6 Å². The summed E-state index contributed by atoms with van der Waals surface area (Å²) < 4.78 is 44.9. The molecule has 2 aromatic heterocycles. The van der Waals surface area contributed by atoms with Gasteiger partial charge in [-0.15, -0.1) is 0 Å². The molecule has 1 aromatic carbocycles. The maximum atomic E-state index is 12.7. The largest absolute Gasteiger partial charge is 0.469 e. The van der Waals surface area contributed by atoms with Gasteiger partial charge in [0.05, 0.1) is 22.9 Å². The average molecular weight is 295 g/mol. The Hall–Kier alpha value is -2.44. The molecular formula is C14H12F3N3O. The summed E-state index contributed by atoms with van der Waals surface area (Å²) in [6.45, 7) is 0.487. The van der Waals surface area contributed by atoms with E-state index in [0.29, 0.717) is 18.5 Å². The standard InChI is InChI=1S/C14H12F3N3O/c15-14(16,17)9-3-4-12-11(8-9)19-13(18)20(12)6-5-10-2-1-7-21-10/h1-4,7-8H,5-6H2,(H2,18,19). The van der Waals surface area contributed by atoms with E-state index in [0.717, 1.165) is 17.9 Å². The molecule has 0 saturated heterocycles. The Morgan fingerprint density at radius 3 is 2.71 bits per heavy atom. The Kier molecular flexibility index (Phi) is 3.12. The highest BCUT2D eigenvalue weighted by Crippen LogP contribution is 2.31. The summed E-state index contributed by atoms with van der Waals surface area (Å²) in [6.07, 6.45) is -2.23. The van der Waals surface area contributed by atoms with Crippen molar-refractivity contribution in [3.05, 3.63) is 47.9 Å². The zero-order chi connectivity index (χ0) is 15.0. The zero-order valence-corrected chi connectivity index (χ0v) is 10.9. The monoisotopic (exact) mass is 295 g/mol. The van der Waals surface area contributed by atoms with Crippen LogP contribution in [0.2, 0.25) is 0 Å². The number of benzene rings is 1. The molecule has 7 heteroatoms. The second-order valence-electron chi connectivity index (χ2n) is 4.65. The number of nitrogens with zero attached hydrogens (tertiary/aromatic N) is 2. The number of hydrogen-bond acceptors (Lipinski definition) is 3. The number of aromatic nitrogens is 2. The quantitative estimate of drug-likeness (QED) is 0.805. The van der Waals surface area contributed by atoms with Crippen LogP contribution in [-0.4, -0.2) is 9.55 Å². The summed E-state index contributed by atoms with van der Waals surface area (Å²) in [5.41, 5.74) is 5.87. The summed E-state index contributed by atoms with van der Waals surface area (Å²) in [6, 6.07) is 7.04. The van der Waals surface area contributed by atoms with Crippen molar-refractivity contribution in [2.75, 3.05) is 5.73 Å². The lowest BCUT2D eigenvalue weighted by molar-refractivity contribution is -0.137. The molecule has 3 aromatic rings. The Morgan fingerprint density at radius 1 is 1.24 bits per heavy atom. The summed E-state index contributed by atoms with van der Waals surface area (Å²) in [5, 5.41) is 0. The molecule has 0 aliphatic rings. The van der Waals surface area contributed by atoms with Gasteiger partial charge >= 0.3 is 6.18 Å². The molecule has 4 nitrogen and oxygen atoms in total. The molecule has 0 spiro atoms. The number of nitrogens with two attached hydrogens (primary N) is 1. The van der Waals surface area contributed by atoms with Gasteiger partial charge in [0, 0.05) is 13.0 Å². The number of hydrogen-bond donors (Lipinski definition) is 1. The van der Waals surface area contributed by atoms with Gasteiger partial charge < -0.3 is 14.7 Å². The summed E-state index contributed by atoms with van der Waals surface area (Å²) in [5.74, 6) is 0.971. The third-order valence-electron chi connectivity index (χ3n) is 3.27. The normalized spacial score (nSPS) is 12.1. The van der Waals surface area contributed by atoms with E-state index in [1.807, 2.05) is 6.07 Å². The fraction of sp³-hybridized carbons (Fsp3) is 0.214. The van der Waals surface area contributed by atoms with E-state index in [4.69, 9.17) is 10.2 Å².